The third kappa shape index (κ3) is 5.16. The van der Waals surface area contributed by atoms with E-state index in [1.165, 1.54) is 0 Å². The minimum atomic E-state index is 0.0362. The molecule has 3 rings (SSSR count). The normalized spacial score (nSPS) is 14.6. The molecule has 0 unspecified atom stereocenters. The quantitative estimate of drug-likeness (QED) is 0.759. The van der Waals surface area contributed by atoms with Gasteiger partial charge in [-0.1, -0.05) is 30.3 Å². The number of hydrogen-bond acceptors (Lipinski definition) is 5. The topological polar surface area (TPSA) is 54.0 Å². The maximum absolute atomic E-state index is 12.3. The van der Waals surface area contributed by atoms with E-state index in [0.29, 0.717) is 19.7 Å². The van der Waals surface area contributed by atoms with Crippen molar-refractivity contribution in [2.45, 2.75) is 13.5 Å². The van der Waals surface area contributed by atoms with Gasteiger partial charge in [-0.3, -0.25) is 9.69 Å². The van der Waals surface area contributed by atoms with Crippen molar-refractivity contribution >= 4 is 11.6 Å². The van der Waals surface area contributed by atoms with Crippen molar-refractivity contribution in [2.75, 3.05) is 51.3 Å². The van der Waals surface area contributed by atoms with Crippen molar-refractivity contribution in [1.82, 2.24) is 10.2 Å². The predicted octanol–water partition coefficient (Wildman–Crippen LogP) is 2.53. The van der Waals surface area contributed by atoms with Gasteiger partial charge in [0.1, 0.15) is 11.5 Å². The minimum Gasteiger partial charge on any atom is -0.496 e. The highest BCUT2D eigenvalue weighted by Gasteiger charge is 2.21. The molecule has 1 aliphatic rings. The standard InChI is InChI=1S/C22H29N3O3/c1-3-28-21-11-7-5-9-19(21)25-14-12-24(13-15-25)17-22(26)23-16-18-8-4-6-10-20(18)27-2/h4-11H,3,12-17H2,1-2H3,(H,23,26). The first kappa shape index (κ1) is 20.0. The predicted molar refractivity (Wildman–Crippen MR) is 111 cm³/mol. The molecule has 6 nitrogen and oxygen atoms in total. The number of ether oxygens (including phenoxy) is 2. The number of hydrogen-bond donors (Lipinski definition) is 1. The second-order valence-corrected chi connectivity index (χ2v) is 6.75. The Hall–Kier alpha value is -2.73. The summed E-state index contributed by atoms with van der Waals surface area (Å²) in [6.45, 7) is 7.00. The maximum atomic E-state index is 12.3. The van der Waals surface area contributed by atoms with Gasteiger partial charge in [-0.05, 0) is 25.1 Å². The molecule has 0 saturated carbocycles. The van der Waals surface area contributed by atoms with Crippen LogP contribution in [0.1, 0.15) is 12.5 Å². The van der Waals surface area contributed by atoms with Gasteiger partial charge >= 0.3 is 0 Å². The van der Waals surface area contributed by atoms with Gasteiger partial charge in [-0.2, -0.15) is 0 Å². The summed E-state index contributed by atoms with van der Waals surface area (Å²) in [5.74, 6) is 1.76. The first-order valence-electron chi connectivity index (χ1n) is 9.79. The van der Waals surface area contributed by atoms with Gasteiger partial charge in [0.05, 0.1) is 25.9 Å². The maximum Gasteiger partial charge on any atom is 0.234 e. The van der Waals surface area contributed by atoms with Crippen LogP contribution < -0.4 is 19.7 Å². The molecule has 1 saturated heterocycles. The Morgan fingerprint density at radius 1 is 1.00 bits per heavy atom. The molecule has 0 radical (unpaired) electrons. The van der Waals surface area contributed by atoms with Crippen molar-refractivity contribution in [3.8, 4) is 11.5 Å². The zero-order valence-corrected chi connectivity index (χ0v) is 16.7. The molecule has 0 bridgehead atoms. The number of piperazine rings is 1. The van der Waals surface area contributed by atoms with Gasteiger partial charge in [0.25, 0.3) is 0 Å². The smallest absolute Gasteiger partial charge is 0.234 e. The van der Waals surface area contributed by atoms with Crippen LogP contribution in [0.2, 0.25) is 0 Å². The summed E-state index contributed by atoms with van der Waals surface area (Å²) >= 11 is 0. The first-order chi connectivity index (χ1) is 13.7. The first-order valence-corrected chi connectivity index (χ1v) is 9.79. The molecule has 1 heterocycles. The number of carbonyl (C=O) groups is 1. The molecular weight excluding hydrogens is 354 g/mol. The zero-order valence-electron chi connectivity index (χ0n) is 16.7. The fourth-order valence-corrected chi connectivity index (χ4v) is 3.44. The van der Waals surface area contributed by atoms with Gasteiger partial charge < -0.3 is 19.7 Å². The highest BCUT2D eigenvalue weighted by Crippen LogP contribution is 2.28. The Bertz CT molecular complexity index is 773. The van der Waals surface area contributed by atoms with Crippen molar-refractivity contribution in [3.63, 3.8) is 0 Å². The van der Waals surface area contributed by atoms with Crippen LogP contribution in [-0.2, 0) is 11.3 Å². The van der Waals surface area contributed by atoms with E-state index in [1.54, 1.807) is 7.11 Å². The average molecular weight is 383 g/mol. The number of amides is 1. The van der Waals surface area contributed by atoms with Crippen LogP contribution in [0.4, 0.5) is 5.69 Å². The van der Waals surface area contributed by atoms with Crippen LogP contribution in [0.5, 0.6) is 11.5 Å². The van der Waals surface area contributed by atoms with E-state index in [4.69, 9.17) is 9.47 Å². The molecule has 0 spiro atoms. The molecule has 1 amide bonds. The lowest BCUT2D eigenvalue weighted by Gasteiger charge is -2.36. The number of para-hydroxylation sites is 3. The van der Waals surface area contributed by atoms with E-state index in [1.807, 2.05) is 49.4 Å². The second-order valence-electron chi connectivity index (χ2n) is 6.75. The molecule has 2 aromatic rings. The summed E-state index contributed by atoms with van der Waals surface area (Å²) in [4.78, 5) is 16.9. The minimum absolute atomic E-state index is 0.0362. The van der Waals surface area contributed by atoms with Crippen molar-refractivity contribution in [1.29, 1.82) is 0 Å². The molecular formula is C22H29N3O3. The highest BCUT2D eigenvalue weighted by atomic mass is 16.5. The average Bonchev–Trinajstić information content (AvgIpc) is 2.74. The summed E-state index contributed by atoms with van der Waals surface area (Å²) < 4.78 is 11.1. The van der Waals surface area contributed by atoms with Gasteiger partial charge in [0, 0.05) is 38.3 Å². The van der Waals surface area contributed by atoms with Crippen LogP contribution >= 0.6 is 0 Å². The summed E-state index contributed by atoms with van der Waals surface area (Å²) in [5, 5.41) is 3.00. The van der Waals surface area contributed by atoms with Crippen molar-refractivity contribution in [2.24, 2.45) is 0 Å². The van der Waals surface area contributed by atoms with Crippen LogP contribution in [-0.4, -0.2) is 57.2 Å². The molecule has 2 aromatic carbocycles. The largest absolute Gasteiger partial charge is 0.496 e. The van der Waals surface area contributed by atoms with E-state index >= 15 is 0 Å². The third-order valence-corrected chi connectivity index (χ3v) is 4.91. The number of nitrogens with one attached hydrogen (secondary N) is 1. The Balaban J connectivity index is 1.47. The second kappa shape index (κ2) is 9.99. The Labute approximate surface area is 167 Å². The molecule has 6 heteroatoms. The van der Waals surface area contributed by atoms with E-state index in [-0.39, 0.29) is 5.91 Å². The number of anilines is 1. The number of benzene rings is 2. The van der Waals surface area contributed by atoms with Crippen LogP contribution in [0.25, 0.3) is 0 Å². The number of nitrogens with zero attached hydrogens (tertiary/aromatic N) is 2. The fourth-order valence-electron chi connectivity index (χ4n) is 3.44. The molecule has 1 aliphatic heterocycles. The zero-order chi connectivity index (χ0) is 19.8. The van der Waals surface area contributed by atoms with Gasteiger partial charge in [-0.25, -0.2) is 0 Å². The van der Waals surface area contributed by atoms with Crippen molar-refractivity contribution in [3.05, 3.63) is 54.1 Å². The van der Waals surface area contributed by atoms with E-state index < -0.39 is 0 Å². The monoisotopic (exact) mass is 383 g/mol. The highest BCUT2D eigenvalue weighted by molar-refractivity contribution is 5.78. The fraction of sp³-hybridized carbons (Fsp3) is 0.409. The lowest BCUT2D eigenvalue weighted by Crippen LogP contribution is -2.49. The number of carbonyl (C=O) groups excluding carboxylic acids is 1. The van der Waals surface area contributed by atoms with Gasteiger partial charge in [0.15, 0.2) is 0 Å². The molecule has 1 fully saturated rings. The summed E-state index contributed by atoms with van der Waals surface area (Å²) in [6, 6.07) is 15.9. The van der Waals surface area contributed by atoms with Gasteiger partial charge in [0.2, 0.25) is 5.91 Å². The molecule has 0 aromatic heterocycles. The van der Waals surface area contributed by atoms with E-state index in [2.05, 4.69) is 21.2 Å². The SMILES string of the molecule is CCOc1ccccc1N1CCN(CC(=O)NCc2ccccc2OC)CC1. The lowest BCUT2D eigenvalue weighted by atomic mass is 10.2. The lowest BCUT2D eigenvalue weighted by molar-refractivity contribution is -0.122. The van der Waals surface area contributed by atoms with E-state index in [9.17, 15) is 4.79 Å². The Kier molecular flexibility index (Phi) is 7.14. The molecule has 150 valence electrons. The van der Waals surface area contributed by atoms with Crippen molar-refractivity contribution < 1.29 is 14.3 Å². The molecule has 28 heavy (non-hydrogen) atoms. The van der Waals surface area contributed by atoms with Gasteiger partial charge in [-0.15, -0.1) is 0 Å². The third-order valence-electron chi connectivity index (χ3n) is 4.91. The number of methoxy groups -OCH3 is 1. The summed E-state index contributed by atoms with van der Waals surface area (Å²) in [5.41, 5.74) is 2.11. The molecule has 0 aliphatic carbocycles. The van der Waals surface area contributed by atoms with Crippen LogP contribution in [0.3, 0.4) is 0 Å². The summed E-state index contributed by atoms with van der Waals surface area (Å²) in [6.07, 6.45) is 0. The van der Waals surface area contributed by atoms with Crippen LogP contribution in [0, 0.1) is 0 Å². The molecule has 1 N–H and O–H groups in total. The summed E-state index contributed by atoms with van der Waals surface area (Å²) in [7, 11) is 1.64. The Morgan fingerprint density at radius 3 is 2.39 bits per heavy atom. The Morgan fingerprint density at radius 2 is 1.68 bits per heavy atom. The van der Waals surface area contributed by atoms with Crippen LogP contribution in [0.15, 0.2) is 48.5 Å². The number of rotatable bonds is 8. The van der Waals surface area contributed by atoms with E-state index in [0.717, 1.165) is 48.9 Å². The molecule has 0 atom stereocenters.